The first kappa shape index (κ1) is 14.3. The summed E-state index contributed by atoms with van der Waals surface area (Å²) in [6.45, 7) is 1.12. The number of ether oxygens (including phenoxy) is 2. The fourth-order valence-electron chi connectivity index (χ4n) is 2.03. The smallest absolute Gasteiger partial charge is 0.310 e. The zero-order valence-electron chi connectivity index (χ0n) is 10.5. The predicted molar refractivity (Wildman–Crippen MR) is 74.8 cm³/mol. The summed E-state index contributed by atoms with van der Waals surface area (Å²) in [6.07, 6.45) is 3.19. The molecule has 0 saturated carbocycles. The molecule has 0 radical (unpaired) electrons. The zero-order valence-corrected chi connectivity index (χ0v) is 12.1. The van der Waals surface area contributed by atoms with Gasteiger partial charge in [-0.2, -0.15) is 0 Å². The fraction of sp³-hybridized carbons (Fsp3) is 0.538. The fourth-order valence-corrected chi connectivity index (χ4v) is 2.38. The molecular weight excluding hydrogens is 314 g/mol. The Morgan fingerprint density at radius 1 is 1.47 bits per heavy atom. The van der Waals surface area contributed by atoms with Crippen LogP contribution in [0.3, 0.4) is 0 Å². The van der Waals surface area contributed by atoms with E-state index in [1.54, 1.807) is 12.1 Å². The van der Waals surface area contributed by atoms with Crippen LogP contribution in [0.25, 0.3) is 0 Å². The molecule has 0 aliphatic carbocycles. The number of nitro benzene ring substituents is 1. The highest BCUT2D eigenvalue weighted by molar-refractivity contribution is 9.08. The molecule has 0 amide bonds. The number of benzene rings is 1. The molecule has 1 aromatic carbocycles. The van der Waals surface area contributed by atoms with Crippen molar-refractivity contribution < 1.29 is 14.4 Å². The SMILES string of the molecule is O=[N+]([O-])c1ccc(CBr)cc1OCC1CCCCO1. The summed E-state index contributed by atoms with van der Waals surface area (Å²) in [5, 5.41) is 11.6. The molecule has 1 aliphatic rings. The summed E-state index contributed by atoms with van der Waals surface area (Å²) < 4.78 is 11.1. The summed E-state index contributed by atoms with van der Waals surface area (Å²) in [7, 11) is 0. The molecule has 1 saturated heterocycles. The molecule has 1 fully saturated rings. The maximum absolute atomic E-state index is 11.0. The highest BCUT2D eigenvalue weighted by Gasteiger charge is 2.19. The second-order valence-corrected chi connectivity index (χ2v) is 5.05. The van der Waals surface area contributed by atoms with Gasteiger partial charge in [-0.3, -0.25) is 10.1 Å². The van der Waals surface area contributed by atoms with E-state index in [0.717, 1.165) is 31.4 Å². The van der Waals surface area contributed by atoms with Gasteiger partial charge in [-0.15, -0.1) is 0 Å². The van der Waals surface area contributed by atoms with Gasteiger partial charge in [0.2, 0.25) is 0 Å². The Hall–Kier alpha value is -1.14. The number of hydrogen-bond donors (Lipinski definition) is 0. The van der Waals surface area contributed by atoms with Crippen molar-refractivity contribution in [2.75, 3.05) is 13.2 Å². The predicted octanol–water partition coefficient (Wildman–Crippen LogP) is 3.44. The topological polar surface area (TPSA) is 61.6 Å². The lowest BCUT2D eigenvalue weighted by Gasteiger charge is -2.22. The van der Waals surface area contributed by atoms with E-state index in [-0.39, 0.29) is 11.8 Å². The average molecular weight is 330 g/mol. The maximum Gasteiger partial charge on any atom is 0.310 e. The van der Waals surface area contributed by atoms with Crippen LogP contribution in [0.15, 0.2) is 18.2 Å². The van der Waals surface area contributed by atoms with E-state index in [1.807, 2.05) is 0 Å². The van der Waals surface area contributed by atoms with Gasteiger partial charge in [-0.05, 0) is 30.9 Å². The van der Waals surface area contributed by atoms with E-state index < -0.39 is 4.92 Å². The first-order valence-corrected chi connectivity index (χ1v) is 7.40. The Labute approximate surface area is 120 Å². The summed E-state index contributed by atoms with van der Waals surface area (Å²) >= 11 is 3.33. The Kier molecular flexibility index (Phi) is 5.15. The number of hydrogen-bond acceptors (Lipinski definition) is 4. The van der Waals surface area contributed by atoms with Crippen LogP contribution in [0, 0.1) is 10.1 Å². The van der Waals surface area contributed by atoms with Gasteiger partial charge in [-0.1, -0.05) is 22.0 Å². The third-order valence-corrected chi connectivity index (χ3v) is 3.72. The minimum atomic E-state index is -0.422. The first-order valence-electron chi connectivity index (χ1n) is 6.28. The molecule has 0 bridgehead atoms. The van der Waals surface area contributed by atoms with Crippen molar-refractivity contribution in [3.63, 3.8) is 0 Å². The Morgan fingerprint density at radius 3 is 2.95 bits per heavy atom. The lowest BCUT2D eigenvalue weighted by atomic mass is 10.1. The minimum absolute atomic E-state index is 0.000472. The molecule has 1 atom stereocenters. The Morgan fingerprint density at radius 2 is 2.32 bits per heavy atom. The minimum Gasteiger partial charge on any atom is -0.484 e. The number of rotatable bonds is 5. The van der Waals surface area contributed by atoms with E-state index in [4.69, 9.17) is 9.47 Å². The second-order valence-electron chi connectivity index (χ2n) is 4.49. The molecule has 0 aromatic heterocycles. The van der Waals surface area contributed by atoms with Crippen LogP contribution in [0.2, 0.25) is 0 Å². The second kappa shape index (κ2) is 6.86. The summed E-state index contributed by atoms with van der Waals surface area (Å²) in [6, 6.07) is 4.90. The van der Waals surface area contributed by atoms with Crippen molar-refractivity contribution in [1.29, 1.82) is 0 Å². The van der Waals surface area contributed by atoms with Gasteiger partial charge in [-0.25, -0.2) is 0 Å². The Bertz CT molecular complexity index is 446. The summed E-state index contributed by atoms with van der Waals surface area (Å²) in [5.74, 6) is 0.316. The molecule has 19 heavy (non-hydrogen) atoms. The summed E-state index contributed by atoms with van der Waals surface area (Å²) in [4.78, 5) is 10.5. The monoisotopic (exact) mass is 329 g/mol. The van der Waals surface area contributed by atoms with Crippen LogP contribution in [0.1, 0.15) is 24.8 Å². The van der Waals surface area contributed by atoms with Crippen LogP contribution in [0.4, 0.5) is 5.69 Å². The van der Waals surface area contributed by atoms with Crippen LogP contribution in [-0.4, -0.2) is 24.2 Å². The highest BCUT2D eigenvalue weighted by atomic mass is 79.9. The standard InChI is InChI=1S/C13H16BrNO4/c14-8-10-4-5-12(15(16)17)13(7-10)19-9-11-3-1-2-6-18-11/h4-5,7,11H,1-3,6,8-9H2. The van der Waals surface area contributed by atoms with Crippen molar-refractivity contribution in [2.24, 2.45) is 0 Å². The Balaban J connectivity index is 2.06. The summed E-state index contributed by atoms with van der Waals surface area (Å²) in [5.41, 5.74) is 0.950. The molecular formula is C13H16BrNO4. The van der Waals surface area contributed by atoms with Crippen molar-refractivity contribution in [2.45, 2.75) is 30.7 Å². The lowest BCUT2D eigenvalue weighted by molar-refractivity contribution is -0.386. The molecule has 104 valence electrons. The van der Waals surface area contributed by atoms with Crippen LogP contribution < -0.4 is 4.74 Å². The van der Waals surface area contributed by atoms with Gasteiger partial charge >= 0.3 is 5.69 Å². The zero-order chi connectivity index (χ0) is 13.7. The average Bonchev–Trinajstić information content (AvgIpc) is 2.45. The molecule has 1 heterocycles. The lowest BCUT2D eigenvalue weighted by Crippen LogP contribution is -2.25. The molecule has 0 N–H and O–H groups in total. The van der Waals surface area contributed by atoms with E-state index >= 15 is 0 Å². The maximum atomic E-state index is 11.0. The number of alkyl halides is 1. The molecule has 1 aliphatic heterocycles. The van der Waals surface area contributed by atoms with Crippen LogP contribution >= 0.6 is 15.9 Å². The van der Waals surface area contributed by atoms with Crippen molar-refractivity contribution in [3.8, 4) is 5.75 Å². The number of nitrogens with zero attached hydrogens (tertiary/aromatic N) is 1. The van der Waals surface area contributed by atoms with Gasteiger partial charge < -0.3 is 9.47 Å². The first-order chi connectivity index (χ1) is 9.20. The van der Waals surface area contributed by atoms with Gasteiger partial charge in [0.05, 0.1) is 11.0 Å². The van der Waals surface area contributed by atoms with E-state index in [0.29, 0.717) is 17.7 Å². The van der Waals surface area contributed by atoms with Crippen molar-refractivity contribution in [3.05, 3.63) is 33.9 Å². The van der Waals surface area contributed by atoms with Gasteiger partial charge in [0, 0.05) is 18.0 Å². The van der Waals surface area contributed by atoms with Crippen molar-refractivity contribution >= 4 is 21.6 Å². The van der Waals surface area contributed by atoms with Gasteiger partial charge in [0.1, 0.15) is 6.61 Å². The molecule has 2 rings (SSSR count). The number of halogens is 1. The quantitative estimate of drug-likeness (QED) is 0.471. The van der Waals surface area contributed by atoms with Crippen LogP contribution in [-0.2, 0) is 10.1 Å². The molecule has 1 unspecified atom stereocenters. The molecule has 5 nitrogen and oxygen atoms in total. The van der Waals surface area contributed by atoms with Crippen LogP contribution in [0.5, 0.6) is 5.75 Å². The molecule has 1 aromatic rings. The number of nitro groups is 1. The largest absolute Gasteiger partial charge is 0.484 e. The molecule has 0 spiro atoms. The third-order valence-electron chi connectivity index (χ3n) is 3.07. The van der Waals surface area contributed by atoms with Gasteiger partial charge in [0.25, 0.3) is 0 Å². The van der Waals surface area contributed by atoms with E-state index in [9.17, 15) is 10.1 Å². The highest BCUT2D eigenvalue weighted by Crippen LogP contribution is 2.29. The molecule has 6 heteroatoms. The van der Waals surface area contributed by atoms with E-state index in [1.165, 1.54) is 6.07 Å². The van der Waals surface area contributed by atoms with E-state index in [2.05, 4.69) is 15.9 Å². The van der Waals surface area contributed by atoms with Crippen molar-refractivity contribution in [1.82, 2.24) is 0 Å². The normalized spacial score (nSPS) is 19.1. The third kappa shape index (κ3) is 3.91. The van der Waals surface area contributed by atoms with Gasteiger partial charge in [0.15, 0.2) is 5.75 Å².